The van der Waals surface area contributed by atoms with Crippen molar-refractivity contribution in [2.24, 2.45) is 0 Å². The molecule has 0 spiro atoms. The minimum absolute atomic E-state index is 0.347. The lowest BCUT2D eigenvalue weighted by Gasteiger charge is -2.38. The first kappa shape index (κ1) is 16.4. The normalized spacial score (nSPS) is 17.0. The van der Waals surface area contributed by atoms with E-state index in [1.807, 2.05) is 0 Å². The molecule has 3 heterocycles. The number of piperazine rings is 1. The van der Waals surface area contributed by atoms with Crippen LogP contribution in [0.15, 0.2) is 47.5 Å². The van der Waals surface area contributed by atoms with Crippen molar-refractivity contribution in [3.05, 3.63) is 53.0 Å². The van der Waals surface area contributed by atoms with Crippen LogP contribution in [0.2, 0.25) is 0 Å². The van der Waals surface area contributed by atoms with Crippen LogP contribution in [-0.2, 0) is 0 Å². The highest BCUT2D eigenvalue weighted by molar-refractivity contribution is 9.10. The van der Waals surface area contributed by atoms with Crippen molar-refractivity contribution < 1.29 is 0 Å². The van der Waals surface area contributed by atoms with Crippen molar-refractivity contribution in [1.82, 2.24) is 24.8 Å². The molecule has 128 valence electrons. The highest BCUT2D eigenvalue weighted by Gasteiger charge is 2.23. The second-order valence-corrected chi connectivity index (χ2v) is 7.12. The molecule has 1 aromatic carbocycles. The summed E-state index contributed by atoms with van der Waals surface area (Å²) in [5, 5.41) is 0. The van der Waals surface area contributed by atoms with Crippen LogP contribution in [0.3, 0.4) is 0 Å². The molecular weight excluding hydrogens is 380 g/mol. The van der Waals surface area contributed by atoms with Crippen molar-refractivity contribution in [2.45, 2.75) is 13.0 Å². The molecule has 0 radical (unpaired) electrons. The van der Waals surface area contributed by atoms with E-state index in [9.17, 15) is 0 Å². The summed E-state index contributed by atoms with van der Waals surface area (Å²) in [4.78, 5) is 22.3. The van der Waals surface area contributed by atoms with Crippen molar-refractivity contribution in [3.63, 3.8) is 0 Å². The number of aromatic nitrogens is 4. The van der Waals surface area contributed by atoms with E-state index in [0.717, 1.165) is 47.6 Å². The van der Waals surface area contributed by atoms with E-state index >= 15 is 0 Å². The summed E-state index contributed by atoms with van der Waals surface area (Å²) < 4.78 is 0.905. The summed E-state index contributed by atoms with van der Waals surface area (Å²) in [6, 6.07) is 6.71. The zero-order valence-electron chi connectivity index (χ0n) is 14.0. The fourth-order valence-electron chi connectivity index (χ4n) is 3.23. The second kappa shape index (κ2) is 7.01. The van der Waals surface area contributed by atoms with Crippen LogP contribution in [0.1, 0.15) is 18.5 Å². The molecule has 1 fully saturated rings. The van der Waals surface area contributed by atoms with Gasteiger partial charge in [0.1, 0.15) is 0 Å². The third-order valence-electron chi connectivity index (χ3n) is 4.73. The molecule has 0 aliphatic carbocycles. The highest BCUT2D eigenvalue weighted by atomic mass is 79.9. The number of halogens is 1. The van der Waals surface area contributed by atoms with Gasteiger partial charge >= 0.3 is 0 Å². The molecule has 4 rings (SSSR count). The topological polar surface area (TPSA) is 58.0 Å². The van der Waals surface area contributed by atoms with Gasteiger partial charge in [-0.25, -0.2) is 9.97 Å². The Hall–Kier alpha value is -2.12. The Kier molecular flexibility index (Phi) is 4.59. The summed E-state index contributed by atoms with van der Waals surface area (Å²) in [5.41, 5.74) is 3.17. The number of nitrogens with zero attached hydrogens (tertiary/aromatic N) is 6. The number of fused-ring (bicyclic) bond motifs is 1. The lowest BCUT2D eigenvalue weighted by molar-refractivity contribution is 0.198. The fourth-order valence-corrected chi connectivity index (χ4v) is 3.43. The maximum Gasteiger partial charge on any atom is 0.225 e. The van der Waals surface area contributed by atoms with Gasteiger partial charge in [0.05, 0.1) is 15.5 Å². The molecule has 25 heavy (non-hydrogen) atoms. The summed E-state index contributed by atoms with van der Waals surface area (Å²) in [7, 11) is 0. The minimum Gasteiger partial charge on any atom is -0.338 e. The summed E-state index contributed by atoms with van der Waals surface area (Å²) >= 11 is 3.38. The third-order valence-corrected chi connectivity index (χ3v) is 5.14. The first-order valence-corrected chi connectivity index (χ1v) is 9.17. The molecular formula is C18H19BrN6. The maximum atomic E-state index is 4.42. The van der Waals surface area contributed by atoms with Gasteiger partial charge < -0.3 is 4.90 Å². The molecule has 1 aliphatic heterocycles. The summed E-state index contributed by atoms with van der Waals surface area (Å²) in [6.07, 6.45) is 7.07. The monoisotopic (exact) mass is 398 g/mol. The molecule has 1 atom stereocenters. The summed E-state index contributed by atoms with van der Waals surface area (Å²) in [6.45, 7) is 6.08. The molecule has 6 nitrogen and oxygen atoms in total. The van der Waals surface area contributed by atoms with Gasteiger partial charge in [-0.3, -0.25) is 14.9 Å². The minimum atomic E-state index is 0.347. The molecule has 7 heteroatoms. The van der Waals surface area contributed by atoms with Crippen molar-refractivity contribution in [1.29, 1.82) is 0 Å². The molecule has 0 bridgehead atoms. The van der Waals surface area contributed by atoms with E-state index in [1.165, 1.54) is 5.56 Å². The van der Waals surface area contributed by atoms with Crippen LogP contribution in [0, 0.1) is 0 Å². The average Bonchev–Trinajstić information content (AvgIpc) is 2.68. The molecule has 2 aromatic heterocycles. The van der Waals surface area contributed by atoms with Gasteiger partial charge in [-0.15, -0.1) is 0 Å². The smallest absolute Gasteiger partial charge is 0.225 e. The SMILES string of the molecule is CC(c1ccc2nccnc2c1)N1CCN(c2ncc(Br)cn2)CC1. The molecule has 0 saturated carbocycles. The van der Waals surface area contributed by atoms with Crippen molar-refractivity contribution >= 4 is 32.9 Å². The average molecular weight is 399 g/mol. The Labute approximate surface area is 155 Å². The van der Waals surface area contributed by atoms with Crippen LogP contribution in [0.4, 0.5) is 5.95 Å². The molecule has 1 unspecified atom stereocenters. The first-order valence-electron chi connectivity index (χ1n) is 8.38. The van der Waals surface area contributed by atoms with Gasteiger partial charge in [0.15, 0.2) is 0 Å². The van der Waals surface area contributed by atoms with E-state index in [1.54, 1.807) is 24.8 Å². The van der Waals surface area contributed by atoms with E-state index in [-0.39, 0.29) is 0 Å². The van der Waals surface area contributed by atoms with E-state index in [2.05, 4.69) is 70.8 Å². The van der Waals surface area contributed by atoms with Crippen LogP contribution in [0.5, 0.6) is 0 Å². The van der Waals surface area contributed by atoms with Gasteiger partial charge in [0, 0.05) is 57.0 Å². The molecule has 3 aromatic rings. The van der Waals surface area contributed by atoms with E-state index < -0.39 is 0 Å². The number of hydrogen-bond acceptors (Lipinski definition) is 6. The molecule has 1 saturated heterocycles. The Balaban J connectivity index is 1.45. The fraction of sp³-hybridized carbons (Fsp3) is 0.333. The highest BCUT2D eigenvalue weighted by Crippen LogP contribution is 2.24. The standard InChI is InChI=1S/C18H19BrN6/c1-13(14-2-3-16-17(10-14)21-5-4-20-16)24-6-8-25(9-7-24)18-22-11-15(19)12-23-18/h2-5,10-13H,6-9H2,1H3. The first-order chi connectivity index (χ1) is 12.2. The van der Waals surface area contributed by atoms with Gasteiger partial charge in [0.25, 0.3) is 0 Å². The lowest BCUT2D eigenvalue weighted by Crippen LogP contribution is -2.47. The van der Waals surface area contributed by atoms with Crippen LogP contribution >= 0.6 is 15.9 Å². The third kappa shape index (κ3) is 3.48. The molecule has 0 amide bonds. The predicted octanol–water partition coefficient (Wildman–Crippen LogP) is 3.07. The summed E-state index contributed by atoms with van der Waals surface area (Å²) in [5.74, 6) is 0.802. The second-order valence-electron chi connectivity index (χ2n) is 6.20. The Morgan fingerprint density at radius 3 is 2.32 bits per heavy atom. The van der Waals surface area contributed by atoms with Gasteiger partial charge in [-0.05, 0) is 40.5 Å². The zero-order chi connectivity index (χ0) is 17.2. The number of rotatable bonds is 3. The van der Waals surface area contributed by atoms with E-state index in [0.29, 0.717) is 6.04 Å². The molecule has 1 aliphatic rings. The number of benzene rings is 1. The van der Waals surface area contributed by atoms with Crippen molar-refractivity contribution in [3.8, 4) is 0 Å². The quantitative estimate of drug-likeness (QED) is 0.675. The van der Waals surface area contributed by atoms with Crippen LogP contribution in [0.25, 0.3) is 11.0 Å². The largest absolute Gasteiger partial charge is 0.338 e. The Morgan fingerprint density at radius 2 is 1.60 bits per heavy atom. The Bertz CT molecular complexity index is 861. The van der Waals surface area contributed by atoms with Gasteiger partial charge in [-0.2, -0.15) is 0 Å². The predicted molar refractivity (Wildman–Crippen MR) is 101 cm³/mol. The van der Waals surface area contributed by atoms with E-state index in [4.69, 9.17) is 0 Å². The van der Waals surface area contributed by atoms with Gasteiger partial charge in [-0.1, -0.05) is 6.07 Å². The maximum absolute atomic E-state index is 4.42. The zero-order valence-corrected chi connectivity index (χ0v) is 15.6. The van der Waals surface area contributed by atoms with Crippen molar-refractivity contribution in [2.75, 3.05) is 31.1 Å². The van der Waals surface area contributed by atoms with Gasteiger partial charge in [0.2, 0.25) is 5.95 Å². The number of hydrogen-bond donors (Lipinski definition) is 0. The van der Waals surface area contributed by atoms with Crippen LogP contribution in [-0.4, -0.2) is 51.0 Å². The number of anilines is 1. The molecule has 0 N–H and O–H groups in total. The van der Waals surface area contributed by atoms with Crippen LogP contribution < -0.4 is 4.90 Å². The lowest BCUT2D eigenvalue weighted by atomic mass is 10.1. The Morgan fingerprint density at radius 1 is 0.920 bits per heavy atom.